The molecule has 3 aromatic carbocycles. The van der Waals surface area contributed by atoms with Gasteiger partial charge in [0.2, 0.25) is 0 Å². The second kappa shape index (κ2) is 10.3. The molecule has 1 aliphatic heterocycles. The Balaban J connectivity index is 1.47. The van der Waals surface area contributed by atoms with Crippen molar-refractivity contribution in [2.75, 3.05) is 16.8 Å². The van der Waals surface area contributed by atoms with Crippen LogP contribution in [0, 0.1) is 6.92 Å². The van der Waals surface area contributed by atoms with E-state index in [0.717, 1.165) is 10.5 Å². The molecule has 3 aromatic rings. The van der Waals surface area contributed by atoms with Crippen LogP contribution in [-0.4, -0.2) is 35.5 Å². The first-order valence-electron chi connectivity index (χ1n) is 10.7. The molecular weight excluding hydrogens is 486 g/mol. The molecule has 0 bridgehead atoms. The number of carbonyl (C=O) groups excluding carboxylic acids is 4. The number of aromatic hydroxyl groups is 1. The summed E-state index contributed by atoms with van der Waals surface area (Å²) in [7, 11) is 0. The number of benzene rings is 3. The van der Waals surface area contributed by atoms with E-state index in [0.29, 0.717) is 11.3 Å². The summed E-state index contributed by atoms with van der Waals surface area (Å²) >= 11 is 6.29. The minimum absolute atomic E-state index is 0.0416. The topological polar surface area (TPSA) is 125 Å². The van der Waals surface area contributed by atoms with Crippen molar-refractivity contribution in [3.63, 3.8) is 0 Å². The number of carbonyl (C=O) groups is 4. The van der Waals surface area contributed by atoms with Gasteiger partial charge in [-0.3, -0.25) is 19.7 Å². The number of nitrogens with zero attached hydrogens (tertiary/aromatic N) is 1. The number of barbiturate groups is 1. The van der Waals surface area contributed by atoms with Crippen LogP contribution in [0.15, 0.2) is 72.3 Å². The maximum Gasteiger partial charge on any atom is 0.335 e. The van der Waals surface area contributed by atoms with Gasteiger partial charge in [-0.1, -0.05) is 29.8 Å². The average molecular weight is 506 g/mol. The van der Waals surface area contributed by atoms with E-state index in [1.54, 1.807) is 12.1 Å². The summed E-state index contributed by atoms with van der Waals surface area (Å²) in [6.07, 6.45) is 1.29. The Morgan fingerprint density at radius 3 is 2.53 bits per heavy atom. The largest absolute Gasteiger partial charge is 0.508 e. The normalized spacial score (nSPS) is 14.6. The number of hydrogen-bond acceptors (Lipinski definition) is 6. The minimum Gasteiger partial charge on any atom is -0.508 e. The van der Waals surface area contributed by atoms with E-state index >= 15 is 0 Å². The third-order valence-corrected chi connectivity index (χ3v) is 5.43. The molecule has 0 aliphatic carbocycles. The highest BCUT2D eigenvalue weighted by atomic mass is 35.5. The van der Waals surface area contributed by atoms with Crippen LogP contribution in [0.5, 0.6) is 11.5 Å². The van der Waals surface area contributed by atoms with E-state index in [-0.39, 0.29) is 40.3 Å². The highest BCUT2D eigenvalue weighted by molar-refractivity contribution is 6.39. The number of amides is 5. The Morgan fingerprint density at radius 1 is 1.08 bits per heavy atom. The summed E-state index contributed by atoms with van der Waals surface area (Å²) in [4.78, 5) is 50.6. The maximum absolute atomic E-state index is 12.9. The van der Waals surface area contributed by atoms with Gasteiger partial charge >= 0.3 is 6.03 Å². The Kier molecular flexibility index (Phi) is 7.03. The van der Waals surface area contributed by atoms with Crippen molar-refractivity contribution in [2.45, 2.75) is 6.92 Å². The third kappa shape index (κ3) is 5.53. The molecule has 1 aliphatic rings. The molecule has 10 heteroatoms. The highest BCUT2D eigenvalue weighted by Crippen LogP contribution is 2.28. The summed E-state index contributed by atoms with van der Waals surface area (Å²) in [5.74, 6) is -1.87. The van der Waals surface area contributed by atoms with Gasteiger partial charge in [0.25, 0.3) is 17.7 Å². The van der Waals surface area contributed by atoms with Crippen LogP contribution in [0.3, 0.4) is 0 Å². The van der Waals surface area contributed by atoms with Gasteiger partial charge in [-0.15, -0.1) is 0 Å². The second-order valence-electron chi connectivity index (χ2n) is 7.87. The second-order valence-corrected chi connectivity index (χ2v) is 8.28. The first-order chi connectivity index (χ1) is 17.2. The zero-order valence-corrected chi connectivity index (χ0v) is 19.7. The molecule has 5 amide bonds. The number of phenolic OH excluding ortho intramolecular Hbond substituents is 1. The van der Waals surface area contributed by atoms with Gasteiger partial charge in [0, 0.05) is 5.69 Å². The number of imide groups is 2. The maximum atomic E-state index is 12.9. The molecule has 4 rings (SSSR count). The van der Waals surface area contributed by atoms with Crippen LogP contribution in [0.2, 0.25) is 5.02 Å². The van der Waals surface area contributed by atoms with Crippen molar-refractivity contribution in [3.8, 4) is 11.5 Å². The fraction of sp³-hybridized carbons (Fsp3) is 0.0769. The van der Waals surface area contributed by atoms with Crippen LogP contribution in [0.25, 0.3) is 6.08 Å². The van der Waals surface area contributed by atoms with E-state index in [1.165, 1.54) is 42.5 Å². The van der Waals surface area contributed by atoms with Crippen molar-refractivity contribution >= 4 is 52.8 Å². The molecule has 0 aromatic heterocycles. The lowest BCUT2D eigenvalue weighted by molar-refractivity contribution is -0.122. The lowest BCUT2D eigenvalue weighted by Crippen LogP contribution is -2.54. The smallest absolute Gasteiger partial charge is 0.335 e. The number of halogens is 1. The lowest BCUT2D eigenvalue weighted by Gasteiger charge is -2.26. The van der Waals surface area contributed by atoms with Gasteiger partial charge < -0.3 is 15.2 Å². The molecule has 0 spiro atoms. The number of ether oxygens (including phenoxy) is 1. The number of hydrogen-bond donors (Lipinski definition) is 3. The van der Waals surface area contributed by atoms with Crippen molar-refractivity contribution < 1.29 is 29.0 Å². The highest BCUT2D eigenvalue weighted by Gasteiger charge is 2.36. The minimum atomic E-state index is -0.904. The molecule has 0 radical (unpaired) electrons. The monoisotopic (exact) mass is 505 g/mol. The Labute approximate surface area is 210 Å². The number of nitrogens with one attached hydrogen (secondary N) is 2. The standard InChI is InChI=1S/C26H20ClN3O6/c1-15-3-2-4-17(11-15)28-23(32)14-36-22-10-5-16(13-21(22)27)12-20-24(33)29-26(35)30(25(20)34)18-6-8-19(31)9-7-18/h2-13,31H,14H2,1H3,(H,28,32)(H,29,33,35)/b20-12+. The molecule has 0 unspecified atom stereocenters. The fourth-order valence-electron chi connectivity index (χ4n) is 3.45. The van der Waals surface area contributed by atoms with Gasteiger partial charge in [0.05, 0.1) is 10.7 Å². The van der Waals surface area contributed by atoms with E-state index in [4.69, 9.17) is 16.3 Å². The Bertz CT molecular complexity index is 1400. The fourth-order valence-corrected chi connectivity index (χ4v) is 3.69. The Hall–Kier alpha value is -4.63. The van der Waals surface area contributed by atoms with E-state index < -0.39 is 17.8 Å². The summed E-state index contributed by atoms with van der Waals surface area (Å²) in [6, 6.07) is 16.3. The summed E-state index contributed by atoms with van der Waals surface area (Å²) in [5.41, 5.74) is 1.94. The number of urea groups is 1. The quantitative estimate of drug-likeness (QED) is 0.343. The first kappa shape index (κ1) is 24.5. The van der Waals surface area contributed by atoms with Crippen molar-refractivity contribution in [1.29, 1.82) is 0 Å². The van der Waals surface area contributed by atoms with Crippen LogP contribution in [0.1, 0.15) is 11.1 Å². The molecule has 182 valence electrons. The van der Waals surface area contributed by atoms with Crippen LogP contribution < -0.4 is 20.3 Å². The van der Waals surface area contributed by atoms with E-state index in [1.807, 2.05) is 25.1 Å². The van der Waals surface area contributed by atoms with Gasteiger partial charge in [-0.2, -0.15) is 0 Å². The zero-order valence-electron chi connectivity index (χ0n) is 18.9. The summed E-state index contributed by atoms with van der Waals surface area (Å²) in [5, 5.41) is 14.5. The van der Waals surface area contributed by atoms with Crippen molar-refractivity contribution in [1.82, 2.24) is 5.32 Å². The SMILES string of the molecule is Cc1cccc(NC(=O)COc2ccc(/C=C3\C(=O)NC(=O)N(c4ccc(O)cc4)C3=O)cc2Cl)c1. The van der Waals surface area contributed by atoms with Crippen molar-refractivity contribution in [2.24, 2.45) is 0 Å². The molecular formula is C26H20ClN3O6. The zero-order chi connectivity index (χ0) is 25.8. The van der Waals surface area contributed by atoms with Crippen LogP contribution >= 0.6 is 11.6 Å². The Morgan fingerprint density at radius 2 is 1.83 bits per heavy atom. The van der Waals surface area contributed by atoms with Gasteiger partial charge in [0.15, 0.2) is 6.61 Å². The molecule has 1 saturated heterocycles. The van der Waals surface area contributed by atoms with Crippen LogP contribution in [-0.2, 0) is 14.4 Å². The number of aryl methyl sites for hydroxylation is 1. The van der Waals surface area contributed by atoms with Crippen LogP contribution in [0.4, 0.5) is 16.2 Å². The summed E-state index contributed by atoms with van der Waals surface area (Å²) in [6.45, 7) is 1.63. The lowest BCUT2D eigenvalue weighted by atomic mass is 10.1. The third-order valence-electron chi connectivity index (χ3n) is 5.14. The number of anilines is 2. The van der Waals surface area contributed by atoms with Gasteiger partial charge in [-0.05, 0) is 72.7 Å². The van der Waals surface area contributed by atoms with E-state index in [2.05, 4.69) is 10.6 Å². The average Bonchev–Trinajstić information content (AvgIpc) is 2.82. The molecule has 36 heavy (non-hydrogen) atoms. The molecule has 1 heterocycles. The summed E-state index contributed by atoms with van der Waals surface area (Å²) < 4.78 is 5.50. The molecule has 0 atom stereocenters. The van der Waals surface area contributed by atoms with Gasteiger partial charge in [0.1, 0.15) is 17.1 Å². The van der Waals surface area contributed by atoms with Gasteiger partial charge in [-0.25, -0.2) is 9.69 Å². The number of phenols is 1. The predicted octanol–water partition coefficient (Wildman–Crippen LogP) is 4.04. The molecule has 0 saturated carbocycles. The van der Waals surface area contributed by atoms with E-state index in [9.17, 15) is 24.3 Å². The molecule has 9 nitrogen and oxygen atoms in total. The first-order valence-corrected chi connectivity index (χ1v) is 11.1. The molecule has 3 N–H and O–H groups in total. The number of rotatable bonds is 6. The molecule has 1 fully saturated rings. The predicted molar refractivity (Wildman–Crippen MR) is 134 cm³/mol. The van der Waals surface area contributed by atoms with Crippen molar-refractivity contribution in [3.05, 3.63) is 88.5 Å².